The van der Waals surface area contributed by atoms with Gasteiger partial charge in [0.05, 0.1) is 12.7 Å². The molecular formula is C16H25NO. The standard InChI is InChI=1S/C16H25NO/c1-13(2)10-17-11-14-5-3-6-15(9-14)12-18-16-7-4-8-16/h3,5-6,9,13,16-17H,4,7-8,10-12H2,1-2H3. The van der Waals surface area contributed by atoms with Crippen LogP contribution >= 0.6 is 0 Å². The van der Waals surface area contributed by atoms with Gasteiger partial charge < -0.3 is 10.1 Å². The van der Waals surface area contributed by atoms with Gasteiger partial charge in [0.25, 0.3) is 0 Å². The molecule has 1 aliphatic carbocycles. The Morgan fingerprint density at radius 3 is 2.72 bits per heavy atom. The summed E-state index contributed by atoms with van der Waals surface area (Å²) in [7, 11) is 0. The maximum absolute atomic E-state index is 5.84. The monoisotopic (exact) mass is 247 g/mol. The third-order valence-corrected chi connectivity index (χ3v) is 3.41. The molecule has 1 N–H and O–H groups in total. The van der Waals surface area contributed by atoms with E-state index in [2.05, 4.69) is 43.4 Å². The first kappa shape index (κ1) is 13.6. The number of ether oxygens (including phenoxy) is 1. The molecule has 1 saturated carbocycles. The van der Waals surface area contributed by atoms with Crippen LogP contribution in [0.4, 0.5) is 0 Å². The highest BCUT2D eigenvalue weighted by Gasteiger charge is 2.17. The van der Waals surface area contributed by atoms with Crippen LogP contribution in [0.1, 0.15) is 44.2 Å². The first-order valence-corrected chi connectivity index (χ1v) is 7.14. The van der Waals surface area contributed by atoms with Crippen molar-refractivity contribution < 1.29 is 4.74 Å². The lowest BCUT2D eigenvalue weighted by Crippen LogP contribution is -2.21. The second-order valence-electron chi connectivity index (χ2n) is 5.71. The molecule has 100 valence electrons. The molecule has 0 heterocycles. The van der Waals surface area contributed by atoms with Crippen LogP contribution < -0.4 is 5.32 Å². The van der Waals surface area contributed by atoms with Crippen LogP contribution in [0.25, 0.3) is 0 Å². The van der Waals surface area contributed by atoms with Gasteiger partial charge in [0.2, 0.25) is 0 Å². The van der Waals surface area contributed by atoms with Crippen LogP contribution in [0.5, 0.6) is 0 Å². The molecule has 0 aromatic heterocycles. The molecule has 1 aliphatic rings. The Bertz CT molecular complexity index is 358. The summed E-state index contributed by atoms with van der Waals surface area (Å²) in [6.07, 6.45) is 4.35. The van der Waals surface area contributed by atoms with Crippen molar-refractivity contribution in [3.05, 3.63) is 35.4 Å². The predicted molar refractivity (Wildman–Crippen MR) is 75.4 cm³/mol. The lowest BCUT2D eigenvalue weighted by Gasteiger charge is -2.25. The Labute approximate surface area is 111 Å². The fraction of sp³-hybridized carbons (Fsp3) is 0.625. The molecule has 1 aromatic rings. The summed E-state index contributed by atoms with van der Waals surface area (Å²) in [5.41, 5.74) is 2.65. The van der Waals surface area contributed by atoms with Crippen molar-refractivity contribution in [2.24, 2.45) is 5.92 Å². The van der Waals surface area contributed by atoms with E-state index in [1.54, 1.807) is 0 Å². The van der Waals surface area contributed by atoms with Gasteiger partial charge in [0.15, 0.2) is 0 Å². The average molecular weight is 247 g/mol. The van der Waals surface area contributed by atoms with Crippen molar-refractivity contribution in [1.82, 2.24) is 5.32 Å². The van der Waals surface area contributed by atoms with Crippen molar-refractivity contribution in [3.8, 4) is 0 Å². The molecule has 1 fully saturated rings. The maximum Gasteiger partial charge on any atom is 0.0720 e. The summed E-state index contributed by atoms with van der Waals surface area (Å²) in [6.45, 7) is 7.26. The molecule has 1 aromatic carbocycles. The van der Waals surface area contributed by atoms with E-state index in [9.17, 15) is 0 Å². The number of rotatable bonds is 7. The summed E-state index contributed by atoms with van der Waals surface area (Å²) in [5, 5.41) is 3.47. The Morgan fingerprint density at radius 1 is 1.28 bits per heavy atom. The van der Waals surface area contributed by atoms with E-state index in [-0.39, 0.29) is 0 Å². The van der Waals surface area contributed by atoms with Crippen LogP contribution in [0.2, 0.25) is 0 Å². The minimum Gasteiger partial charge on any atom is -0.374 e. The normalized spacial score (nSPS) is 15.9. The van der Waals surface area contributed by atoms with Crippen LogP contribution in [0, 0.1) is 5.92 Å². The van der Waals surface area contributed by atoms with Crippen molar-refractivity contribution in [3.63, 3.8) is 0 Å². The van der Waals surface area contributed by atoms with Gasteiger partial charge >= 0.3 is 0 Å². The van der Waals surface area contributed by atoms with Crippen molar-refractivity contribution in [2.75, 3.05) is 6.54 Å². The second-order valence-corrected chi connectivity index (χ2v) is 5.71. The van der Waals surface area contributed by atoms with E-state index in [4.69, 9.17) is 4.74 Å². The summed E-state index contributed by atoms with van der Waals surface area (Å²) in [5.74, 6) is 0.704. The first-order valence-electron chi connectivity index (χ1n) is 7.14. The van der Waals surface area contributed by atoms with Gasteiger partial charge in [-0.3, -0.25) is 0 Å². The maximum atomic E-state index is 5.84. The summed E-state index contributed by atoms with van der Waals surface area (Å²) >= 11 is 0. The zero-order valence-corrected chi connectivity index (χ0v) is 11.6. The Hall–Kier alpha value is -0.860. The molecule has 2 nitrogen and oxygen atoms in total. The summed E-state index contributed by atoms with van der Waals surface area (Å²) in [4.78, 5) is 0. The number of benzene rings is 1. The molecule has 0 saturated heterocycles. The molecule has 0 aliphatic heterocycles. The first-order chi connectivity index (χ1) is 8.74. The highest BCUT2D eigenvalue weighted by Crippen LogP contribution is 2.23. The van der Waals surface area contributed by atoms with Crippen LogP contribution in [0.3, 0.4) is 0 Å². The van der Waals surface area contributed by atoms with Gasteiger partial charge in [-0.2, -0.15) is 0 Å². The van der Waals surface area contributed by atoms with E-state index in [0.717, 1.165) is 19.7 Å². The van der Waals surface area contributed by atoms with Gasteiger partial charge in [-0.25, -0.2) is 0 Å². The van der Waals surface area contributed by atoms with Gasteiger partial charge in [-0.1, -0.05) is 38.1 Å². The molecule has 0 amide bonds. The lowest BCUT2D eigenvalue weighted by molar-refractivity contribution is -0.00868. The Kier molecular flexibility index (Phi) is 5.21. The third kappa shape index (κ3) is 4.43. The predicted octanol–water partition coefficient (Wildman–Crippen LogP) is 3.50. The largest absolute Gasteiger partial charge is 0.374 e. The molecule has 0 radical (unpaired) electrons. The van der Waals surface area contributed by atoms with Crippen LogP contribution in [-0.2, 0) is 17.9 Å². The molecule has 0 spiro atoms. The quantitative estimate of drug-likeness (QED) is 0.796. The lowest BCUT2D eigenvalue weighted by atomic mass is 9.96. The zero-order chi connectivity index (χ0) is 12.8. The van der Waals surface area contributed by atoms with Crippen molar-refractivity contribution in [1.29, 1.82) is 0 Å². The van der Waals surface area contributed by atoms with E-state index < -0.39 is 0 Å². The highest BCUT2D eigenvalue weighted by molar-refractivity contribution is 5.22. The van der Waals surface area contributed by atoms with Crippen LogP contribution in [0.15, 0.2) is 24.3 Å². The Morgan fingerprint density at radius 2 is 2.06 bits per heavy atom. The molecule has 2 heteroatoms. The van der Waals surface area contributed by atoms with E-state index >= 15 is 0 Å². The number of hydrogen-bond donors (Lipinski definition) is 1. The Balaban J connectivity index is 1.76. The second kappa shape index (κ2) is 6.91. The fourth-order valence-corrected chi connectivity index (χ4v) is 2.09. The van der Waals surface area contributed by atoms with Gasteiger partial charge in [-0.15, -0.1) is 0 Å². The number of nitrogens with one attached hydrogen (secondary N) is 1. The van der Waals surface area contributed by atoms with Gasteiger partial charge in [0.1, 0.15) is 0 Å². The topological polar surface area (TPSA) is 21.3 Å². The molecule has 0 unspecified atom stereocenters. The van der Waals surface area contributed by atoms with E-state index in [1.165, 1.54) is 30.4 Å². The molecule has 2 rings (SSSR count). The van der Waals surface area contributed by atoms with Gasteiger partial charge in [-0.05, 0) is 42.9 Å². The SMILES string of the molecule is CC(C)CNCc1cccc(COC2CCC2)c1. The smallest absolute Gasteiger partial charge is 0.0720 e. The van der Waals surface area contributed by atoms with E-state index in [0.29, 0.717) is 12.0 Å². The minimum absolute atomic E-state index is 0.521. The zero-order valence-electron chi connectivity index (χ0n) is 11.6. The minimum atomic E-state index is 0.521. The molecule has 0 atom stereocenters. The van der Waals surface area contributed by atoms with Crippen molar-refractivity contribution >= 4 is 0 Å². The molecular weight excluding hydrogens is 222 g/mol. The van der Waals surface area contributed by atoms with E-state index in [1.807, 2.05) is 0 Å². The number of hydrogen-bond acceptors (Lipinski definition) is 2. The molecule has 18 heavy (non-hydrogen) atoms. The highest BCUT2D eigenvalue weighted by atomic mass is 16.5. The molecule has 0 bridgehead atoms. The fourth-order valence-electron chi connectivity index (χ4n) is 2.09. The third-order valence-electron chi connectivity index (χ3n) is 3.41. The van der Waals surface area contributed by atoms with Crippen molar-refractivity contribution in [2.45, 2.75) is 52.4 Å². The van der Waals surface area contributed by atoms with Gasteiger partial charge in [0, 0.05) is 6.54 Å². The summed E-state index contributed by atoms with van der Waals surface area (Å²) in [6, 6.07) is 8.72. The average Bonchev–Trinajstić information content (AvgIpc) is 2.27. The van der Waals surface area contributed by atoms with Crippen LogP contribution in [-0.4, -0.2) is 12.6 Å². The summed E-state index contributed by atoms with van der Waals surface area (Å²) < 4.78 is 5.84.